The highest BCUT2D eigenvalue weighted by atomic mass is 16.6. The quantitative estimate of drug-likeness (QED) is 0.0262. The molecule has 0 saturated carbocycles. The summed E-state index contributed by atoms with van der Waals surface area (Å²) in [5.74, 6) is -0.867. The Balaban J connectivity index is 4.28. The van der Waals surface area contributed by atoms with Crippen molar-refractivity contribution < 1.29 is 28.6 Å². The van der Waals surface area contributed by atoms with Crippen LogP contribution in [0.1, 0.15) is 316 Å². The molecule has 0 radical (unpaired) electrons. The molecule has 0 saturated heterocycles. The molecule has 0 aliphatic carbocycles. The average Bonchev–Trinajstić information content (AvgIpc) is 3.30. The zero-order chi connectivity index (χ0) is 47.2. The number of allylic oxidation sites excluding steroid dienone is 4. The second-order valence-electron chi connectivity index (χ2n) is 19.6. The maximum Gasteiger partial charge on any atom is 0.306 e. The summed E-state index contributed by atoms with van der Waals surface area (Å²) >= 11 is 0. The van der Waals surface area contributed by atoms with E-state index in [4.69, 9.17) is 14.2 Å². The Bertz CT molecular complexity index is 1050. The van der Waals surface area contributed by atoms with Crippen LogP contribution in [0.2, 0.25) is 0 Å². The van der Waals surface area contributed by atoms with Gasteiger partial charge >= 0.3 is 17.9 Å². The van der Waals surface area contributed by atoms with Gasteiger partial charge in [0.15, 0.2) is 6.10 Å². The summed E-state index contributed by atoms with van der Waals surface area (Å²) in [6.45, 7) is 6.63. The molecular formula is C59H110O6. The lowest BCUT2D eigenvalue weighted by atomic mass is 10.0. The predicted molar refractivity (Wildman–Crippen MR) is 279 cm³/mol. The van der Waals surface area contributed by atoms with Crippen LogP contribution >= 0.6 is 0 Å². The first kappa shape index (κ1) is 62.9. The first-order valence-corrected chi connectivity index (χ1v) is 28.8. The average molecular weight is 916 g/mol. The monoisotopic (exact) mass is 915 g/mol. The van der Waals surface area contributed by atoms with Crippen LogP contribution in [0, 0.1) is 0 Å². The lowest BCUT2D eigenvalue weighted by Crippen LogP contribution is -2.30. The fourth-order valence-electron chi connectivity index (χ4n) is 8.54. The van der Waals surface area contributed by atoms with Gasteiger partial charge in [0.1, 0.15) is 13.2 Å². The van der Waals surface area contributed by atoms with E-state index in [9.17, 15) is 14.4 Å². The van der Waals surface area contributed by atoms with Crippen molar-refractivity contribution in [3.05, 3.63) is 24.3 Å². The zero-order valence-electron chi connectivity index (χ0n) is 43.8. The Kier molecular flexibility index (Phi) is 52.7. The summed E-state index contributed by atoms with van der Waals surface area (Å²) in [6, 6.07) is 0. The molecule has 0 aromatic carbocycles. The summed E-state index contributed by atoms with van der Waals surface area (Å²) in [5.41, 5.74) is 0. The van der Waals surface area contributed by atoms with E-state index < -0.39 is 6.10 Å². The van der Waals surface area contributed by atoms with Crippen LogP contribution in [0.5, 0.6) is 0 Å². The Labute approximate surface area is 404 Å². The first-order valence-electron chi connectivity index (χ1n) is 28.8. The van der Waals surface area contributed by atoms with Crippen molar-refractivity contribution in [2.75, 3.05) is 13.2 Å². The minimum Gasteiger partial charge on any atom is -0.462 e. The van der Waals surface area contributed by atoms with Crippen LogP contribution in [-0.4, -0.2) is 37.2 Å². The zero-order valence-corrected chi connectivity index (χ0v) is 43.8. The van der Waals surface area contributed by atoms with Crippen molar-refractivity contribution in [3.63, 3.8) is 0 Å². The molecule has 1 unspecified atom stereocenters. The minimum absolute atomic E-state index is 0.0713. The molecule has 0 bridgehead atoms. The molecule has 0 rings (SSSR count). The Morgan fingerprint density at radius 3 is 0.815 bits per heavy atom. The smallest absolute Gasteiger partial charge is 0.306 e. The van der Waals surface area contributed by atoms with Crippen molar-refractivity contribution in [1.29, 1.82) is 0 Å². The summed E-state index contributed by atoms with van der Waals surface area (Å²) in [7, 11) is 0. The summed E-state index contributed by atoms with van der Waals surface area (Å²) in [6.07, 6.45) is 63.1. The largest absolute Gasteiger partial charge is 0.462 e. The third kappa shape index (κ3) is 52.7. The van der Waals surface area contributed by atoms with E-state index in [1.54, 1.807) is 0 Å². The van der Waals surface area contributed by atoms with Crippen molar-refractivity contribution in [1.82, 2.24) is 0 Å². The molecule has 0 aliphatic rings. The van der Waals surface area contributed by atoms with E-state index in [0.717, 1.165) is 64.2 Å². The Hall–Kier alpha value is -2.11. The lowest BCUT2D eigenvalue weighted by Gasteiger charge is -2.18. The van der Waals surface area contributed by atoms with Gasteiger partial charge in [-0.05, 0) is 64.2 Å². The van der Waals surface area contributed by atoms with Crippen molar-refractivity contribution >= 4 is 17.9 Å². The van der Waals surface area contributed by atoms with Crippen molar-refractivity contribution in [2.45, 2.75) is 322 Å². The number of esters is 3. The van der Waals surface area contributed by atoms with E-state index >= 15 is 0 Å². The van der Waals surface area contributed by atoms with E-state index in [-0.39, 0.29) is 31.1 Å². The fourth-order valence-corrected chi connectivity index (χ4v) is 8.54. The first-order chi connectivity index (χ1) is 32.0. The van der Waals surface area contributed by atoms with Crippen LogP contribution in [0.15, 0.2) is 24.3 Å². The molecule has 0 spiro atoms. The molecule has 0 aliphatic heterocycles. The van der Waals surface area contributed by atoms with E-state index in [1.165, 1.54) is 212 Å². The SMILES string of the molecule is CCCC/C=C\CCCCCCCC(=O)OCC(COC(=O)CCCCCCCCCCCCCCCCCCCCC)OC(=O)CCCCCCCCC/C=C\CCCCCCCC. The number of unbranched alkanes of at least 4 members (excludes halogenated alkanes) is 38. The molecule has 65 heavy (non-hydrogen) atoms. The normalized spacial score (nSPS) is 12.1. The maximum absolute atomic E-state index is 12.8. The van der Waals surface area contributed by atoms with Crippen LogP contribution in [-0.2, 0) is 28.6 Å². The van der Waals surface area contributed by atoms with E-state index in [1.807, 2.05) is 0 Å². The number of carbonyl (C=O) groups excluding carboxylic acids is 3. The highest BCUT2D eigenvalue weighted by Gasteiger charge is 2.19. The van der Waals surface area contributed by atoms with Gasteiger partial charge in [0.05, 0.1) is 0 Å². The fraction of sp³-hybridized carbons (Fsp3) is 0.881. The molecule has 6 heteroatoms. The van der Waals surface area contributed by atoms with Gasteiger partial charge in [0, 0.05) is 19.3 Å². The number of hydrogen-bond acceptors (Lipinski definition) is 6. The van der Waals surface area contributed by atoms with Crippen LogP contribution < -0.4 is 0 Å². The summed E-state index contributed by atoms with van der Waals surface area (Å²) < 4.78 is 16.9. The second-order valence-corrected chi connectivity index (χ2v) is 19.6. The highest BCUT2D eigenvalue weighted by molar-refractivity contribution is 5.71. The molecular weight excluding hydrogens is 805 g/mol. The van der Waals surface area contributed by atoms with Gasteiger partial charge < -0.3 is 14.2 Å². The van der Waals surface area contributed by atoms with Gasteiger partial charge in [0.2, 0.25) is 0 Å². The molecule has 0 aromatic heterocycles. The maximum atomic E-state index is 12.8. The van der Waals surface area contributed by atoms with E-state index in [2.05, 4.69) is 45.1 Å². The van der Waals surface area contributed by atoms with Gasteiger partial charge in [-0.1, -0.05) is 257 Å². The van der Waals surface area contributed by atoms with Crippen LogP contribution in [0.25, 0.3) is 0 Å². The van der Waals surface area contributed by atoms with Gasteiger partial charge in [-0.25, -0.2) is 0 Å². The van der Waals surface area contributed by atoms with Crippen LogP contribution in [0.4, 0.5) is 0 Å². The van der Waals surface area contributed by atoms with Crippen molar-refractivity contribution in [3.8, 4) is 0 Å². The molecule has 382 valence electrons. The molecule has 1 atom stereocenters. The number of hydrogen-bond donors (Lipinski definition) is 0. The summed E-state index contributed by atoms with van der Waals surface area (Å²) in [5, 5.41) is 0. The number of ether oxygens (including phenoxy) is 3. The van der Waals surface area contributed by atoms with Gasteiger partial charge in [0.25, 0.3) is 0 Å². The summed E-state index contributed by atoms with van der Waals surface area (Å²) in [4.78, 5) is 38.1. The van der Waals surface area contributed by atoms with Gasteiger partial charge in [-0.3, -0.25) is 14.4 Å². The molecule has 0 heterocycles. The topological polar surface area (TPSA) is 78.9 Å². The molecule has 0 amide bonds. The molecule has 0 aromatic rings. The molecule has 0 fully saturated rings. The predicted octanol–water partition coefficient (Wildman–Crippen LogP) is 19.1. The minimum atomic E-state index is -0.772. The lowest BCUT2D eigenvalue weighted by molar-refractivity contribution is -0.167. The van der Waals surface area contributed by atoms with Gasteiger partial charge in [-0.15, -0.1) is 0 Å². The van der Waals surface area contributed by atoms with E-state index in [0.29, 0.717) is 19.3 Å². The van der Waals surface area contributed by atoms with Gasteiger partial charge in [-0.2, -0.15) is 0 Å². The Morgan fingerprint density at radius 1 is 0.292 bits per heavy atom. The molecule has 6 nitrogen and oxygen atoms in total. The third-order valence-corrected chi connectivity index (χ3v) is 12.9. The second kappa shape index (κ2) is 54.5. The third-order valence-electron chi connectivity index (χ3n) is 12.9. The number of carbonyl (C=O) groups is 3. The number of rotatable bonds is 53. The van der Waals surface area contributed by atoms with Crippen molar-refractivity contribution in [2.24, 2.45) is 0 Å². The van der Waals surface area contributed by atoms with Crippen LogP contribution in [0.3, 0.4) is 0 Å². The highest BCUT2D eigenvalue weighted by Crippen LogP contribution is 2.17. The molecule has 0 N–H and O–H groups in total. The Morgan fingerprint density at radius 2 is 0.523 bits per heavy atom. The standard InChI is InChI=1S/C59H110O6/c1-4-7-10-13-16-19-22-24-26-28-29-31-32-34-37-40-43-46-49-52-58(61)64-55-56(54-63-57(60)51-48-45-42-39-36-21-18-15-12-9-6-3)65-59(62)53-50-47-44-41-38-35-33-30-27-25-23-20-17-14-11-8-5-2/h15,18,25,27,56H,4-14,16-17,19-24,26,28-55H2,1-3H3/b18-15-,27-25-.